The molecule has 1 atom stereocenters. The lowest BCUT2D eigenvalue weighted by molar-refractivity contribution is -0.143. The van der Waals surface area contributed by atoms with E-state index in [2.05, 4.69) is 54.0 Å². The van der Waals surface area contributed by atoms with Gasteiger partial charge in [0, 0.05) is 12.3 Å². The number of aryl methyl sites for hydroxylation is 1. The quantitative estimate of drug-likeness (QED) is 0.395. The molecule has 1 aliphatic carbocycles. The van der Waals surface area contributed by atoms with E-state index in [0.29, 0.717) is 31.2 Å². The van der Waals surface area contributed by atoms with Crippen molar-refractivity contribution in [1.82, 2.24) is 10.7 Å². The standard InChI is InChI=1S/C23H35N3O3/c1-3-17(2)21(11-7-10-18-8-5-4-6-9-18)25-26-23(29)24-16-19-12-14-20(15-13-19)22(27)28/h4-6,8-9,17,19-20H,3,7,10-16H2,1-2H3,(H,27,28)(H2,24,26,29)/b25-21+/t17-,19?,20?/m0/s1. The molecule has 1 aliphatic rings. The summed E-state index contributed by atoms with van der Waals surface area (Å²) in [6.45, 7) is 4.84. The van der Waals surface area contributed by atoms with Gasteiger partial charge in [0.15, 0.2) is 0 Å². The van der Waals surface area contributed by atoms with E-state index >= 15 is 0 Å². The van der Waals surface area contributed by atoms with Crippen molar-refractivity contribution < 1.29 is 14.7 Å². The maximum atomic E-state index is 12.1. The molecule has 1 aromatic carbocycles. The lowest BCUT2D eigenvalue weighted by Gasteiger charge is -2.26. The Kier molecular flexibility index (Phi) is 9.68. The molecular weight excluding hydrogens is 366 g/mol. The summed E-state index contributed by atoms with van der Waals surface area (Å²) in [5, 5.41) is 16.3. The van der Waals surface area contributed by atoms with E-state index in [0.717, 1.165) is 44.2 Å². The van der Waals surface area contributed by atoms with E-state index in [1.165, 1.54) is 5.56 Å². The Bertz CT molecular complexity index is 667. The van der Waals surface area contributed by atoms with Crippen molar-refractivity contribution >= 4 is 17.7 Å². The highest BCUT2D eigenvalue weighted by Crippen LogP contribution is 2.28. The second-order valence-electron chi connectivity index (χ2n) is 8.13. The van der Waals surface area contributed by atoms with Gasteiger partial charge in [-0.1, -0.05) is 44.2 Å². The topological polar surface area (TPSA) is 90.8 Å². The Balaban J connectivity index is 1.74. The molecule has 0 bridgehead atoms. The van der Waals surface area contributed by atoms with Crippen LogP contribution < -0.4 is 10.7 Å². The Morgan fingerprint density at radius 2 is 1.86 bits per heavy atom. The third kappa shape index (κ3) is 8.26. The van der Waals surface area contributed by atoms with Crippen molar-refractivity contribution in [3.8, 4) is 0 Å². The third-order valence-electron chi connectivity index (χ3n) is 5.97. The number of urea groups is 1. The molecule has 6 heteroatoms. The van der Waals surface area contributed by atoms with Gasteiger partial charge in [-0.25, -0.2) is 10.2 Å². The Hall–Kier alpha value is -2.37. The average molecular weight is 402 g/mol. The van der Waals surface area contributed by atoms with Gasteiger partial charge in [0.25, 0.3) is 0 Å². The Morgan fingerprint density at radius 1 is 1.17 bits per heavy atom. The number of carbonyl (C=O) groups excluding carboxylic acids is 1. The first-order valence-electron chi connectivity index (χ1n) is 10.9. The minimum absolute atomic E-state index is 0.223. The van der Waals surface area contributed by atoms with Crippen LogP contribution in [-0.4, -0.2) is 29.4 Å². The van der Waals surface area contributed by atoms with E-state index in [1.807, 2.05) is 6.07 Å². The molecule has 2 amide bonds. The second-order valence-corrected chi connectivity index (χ2v) is 8.13. The van der Waals surface area contributed by atoms with Crippen LogP contribution >= 0.6 is 0 Å². The maximum Gasteiger partial charge on any atom is 0.335 e. The molecule has 0 saturated heterocycles. The van der Waals surface area contributed by atoms with Crippen LogP contribution in [0.25, 0.3) is 0 Å². The molecule has 1 fully saturated rings. The van der Waals surface area contributed by atoms with Crippen LogP contribution in [0.5, 0.6) is 0 Å². The third-order valence-corrected chi connectivity index (χ3v) is 5.97. The van der Waals surface area contributed by atoms with Crippen LogP contribution in [0.3, 0.4) is 0 Å². The van der Waals surface area contributed by atoms with Crippen molar-refractivity contribution in [3.05, 3.63) is 35.9 Å². The summed E-state index contributed by atoms with van der Waals surface area (Å²) in [6.07, 6.45) is 6.94. The summed E-state index contributed by atoms with van der Waals surface area (Å²) in [4.78, 5) is 23.2. The molecule has 6 nitrogen and oxygen atoms in total. The number of carboxylic acid groups (broad SMARTS) is 1. The lowest BCUT2D eigenvalue weighted by atomic mass is 9.82. The highest BCUT2D eigenvalue weighted by Gasteiger charge is 2.25. The molecule has 1 aromatic rings. The second kappa shape index (κ2) is 12.2. The molecule has 3 N–H and O–H groups in total. The fourth-order valence-corrected chi connectivity index (χ4v) is 3.78. The van der Waals surface area contributed by atoms with Gasteiger partial charge in [-0.2, -0.15) is 5.10 Å². The highest BCUT2D eigenvalue weighted by atomic mass is 16.4. The number of nitrogens with zero attached hydrogens (tertiary/aromatic N) is 1. The molecule has 0 heterocycles. The highest BCUT2D eigenvalue weighted by molar-refractivity contribution is 5.87. The Labute approximate surface area is 174 Å². The van der Waals surface area contributed by atoms with E-state index in [9.17, 15) is 9.59 Å². The number of hydrazone groups is 1. The molecule has 2 rings (SSSR count). The van der Waals surface area contributed by atoms with Crippen LogP contribution in [-0.2, 0) is 11.2 Å². The first-order chi connectivity index (χ1) is 14.0. The summed E-state index contributed by atoms with van der Waals surface area (Å²) >= 11 is 0. The predicted molar refractivity (Wildman–Crippen MR) is 116 cm³/mol. The number of hydrogen-bond acceptors (Lipinski definition) is 3. The molecular formula is C23H35N3O3. The van der Waals surface area contributed by atoms with Crippen LogP contribution in [0, 0.1) is 17.8 Å². The monoisotopic (exact) mass is 401 g/mol. The number of aliphatic carboxylic acids is 1. The largest absolute Gasteiger partial charge is 0.481 e. The average Bonchev–Trinajstić information content (AvgIpc) is 2.75. The number of hydrogen-bond donors (Lipinski definition) is 3. The minimum Gasteiger partial charge on any atom is -0.481 e. The van der Waals surface area contributed by atoms with Gasteiger partial charge in [0.2, 0.25) is 0 Å². The number of carboxylic acids is 1. The van der Waals surface area contributed by atoms with Crippen LogP contribution in [0.2, 0.25) is 0 Å². The van der Waals surface area contributed by atoms with Gasteiger partial charge >= 0.3 is 12.0 Å². The SMILES string of the molecule is CC[C@H](C)/C(CCCc1ccccc1)=N/NC(=O)NCC1CCC(C(=O)O)CC1. The summed E-state index contributed by atoms with van der Waals surface area (Å²) < 4.78 is 0. The lowest BCUT2D eigenvalue weighted by Crippen LogP contribution is -2.37. The zero-order chi connectivity index (χ0) is 21.1. The molecule has 0 aromatic heterocycles. The normalized spacial score (nSPS) is 20.7. The molecule has 0 radical (unpaired) electrons. The van der Waals surface area contributed by atoms with Crippen molar-refractivity contribution in [2.75, 3.05) is 6.54 Å². The van der Waals surface area contributed by atoms with Crippen LogP contribution in [0.4, 0.5) is 4.79 Å². The summed E-state index contributed by atoms with van der Waals surface area (Å²) in [6, 6.07) is 10.1. The van der Waals surface area contributed by atoms with Gasteiger partial charge in [0.1, 0.15) is 0 Å². The summed E-state index contributed by atoms with van der Waals surface area (Å²) in [7, 11) is 0. The fraction of sp³-hybridized carbons (Fsp3) is 0.609. The molecule has 0 spiro atoms. The first kappa shape index (κ1) is 22.9. The summed E-state index contributed by atoms with van der Waals surface area (Å²) in [5.41, 5.74) is 5.00. The minimum atomic E-state index is -0.701. The van der Waals surface area contributed by atoms with Gasteiger partial charge in [-0.05, 0) is 68.8 Å². The zero-order valence-electron chi connectivity index (χ0n) is 17.7. The van der Waals surface area contributed by atoms with Crippen LogP contribution in [0.1, 0.15) is 64.4 Å². The Morgan fingerprint density at radius 3 is 2.48 bits per heavy atom. The van der Waals surface area contributed by atoms with E-state index in [4.69, 9.17) is 5.11 Å². The van der Waals surface area contributed by atoms with E-state index < -0.39 is 5.97 Å². The number of rotatable bonds is 10. The molecule has 0 unspecified atom stereocenters. The van der Waals surface area contributed by atoms with Crippen molar-refractivity contribution in [2.45, 2.75) is 65.2 Å². The van der Waals surface area contributed by atoms with Gasteiger partial charge in [-0.15, -0.1) is 0 Å². The summed E-state index contributed by atoms with van der Waals surface area (Å²) in [5.74, 6) is -0.246. The van der Waals surface area contributed by atoms with Gasteiger partial charge < -0.3 is 10.4 Å². The van der Waals surface area contributed by atoms with Crippen LogP contribution in [0.15, 0.2) is 35.4 Å². The molecule has 0 aliphatic heterocycles. The fourth-order valence-electron chi connectivity index (χ4n) is 3.78. The zero-order valence-corrected chi connectivity index (χ0v) is 17.7. The number of nitrogens with one attached hydrogen (secondary N) is 2. The number of benzene rings is 1. The number of carbonyl (C=O) groups is 2. The maximum absolute atomic E-state index is 12.1. The van der Waals surface area contributed by atoms with Gasteiger partial charge in [-0.3, -0.25) is 4.79 Å². The molecule has 1 saturated carbocycles. The smallest absolute Gasteiger partial charge is 0.335 e. The van der Waals surface area contributed by atoms with Crippen molar-refractivity contribution in [2.24, 2.45) is 22.9 Å². The predicted octanol–water partition coefficient (Wildman–Crippen LogP) is 4.60. The molecule has 29 heavy (non-hydrogen) atoms. The first-order valence-corrected chi connectivity index (χ1v) is 10.9. The number of amides is 2. The molecule has 160 valence electrons. The van der Waals surface area contributed by atoms with Crippen molar-refractivity contribution in [3.63, 3.8) is 0 Å². The van der Waals surface area contributed by atoms with E-state index in [-0.39, 0.29) is 11.9 Å². The van der Waals surface area contributed by atoms with E-state index in [1.54, 1.807) is 0 Å². The van der Waals surface area contributed by atoms with Gasteiger partial charge in [0.05, 0.1) is 5.92 Å². The van der Waals surface area contributed by atoms with Crippen molar-refractivity contribution in [1.29, 1.82) is 0 Å².